The Morgan fingerprint density at radius 3 is 2.48 bits per heavy atom. The normalized spacial score (nSPS) is 16.8. The second kappa shape index (κ2) is 4.71. The van der Waals surface area contributed by atoms with E-state index in [0.717, 1.165) is 5.56 Å². The third kappa shape index (κ3) is 1.86. The first-order valence-electron chi connectivity index (χ1n) is 7.20. The van der Waals surface area contributed by atoms with Crippen LogP contribution < -0.4 is 5.43 Å². The van der Waals surface area contributed by atoms with Gasteiger partial charge in [-0.05, 0) is 29.8 Å². The SMILES string of the molecule is CN1C(=O)c2oc3ccccc3c(=O)c2[C@@H]1c1ccc(O)cc1. The van der Waals surface area contributed by atoms with E-state index in [-0.39, 0.29) is 22.8 Å². The molecule has 0 spiro atoms. The maximum atomic E-state index is 12.9. The van der Waals surface area contributed by atoms with Crippen molar-refractivity contribution in [3.63, 3.8) is 0 Å². The lowest BCUT2D eigenvalue weighted by atomic mass is 9.99. The van der Waals surface area contributed by atoms with Crippen LogP contribution in [0.25, 0.3) is 11.0 Å². The van der Waals surface area contributed by atoms with Gasteiger partial charge in [-0.25, -0.2) is 0 Å². The van der Waals surface area contributed by atoms with Gasteiger partial charge < -0.3 is 14.4 Å². The Kier molecular flexibility index (Phi) is 2.78. The van der Waals surface area contributed by atoms with Crippen LogP contribution in [0.4, 0.5) is 0 Å². The average Bonchev–Trinajstić information content (AvgIpc) is 2.81. The zero-order valence-corrected chi connectivity index (χ0v) is 12.3. The van der Waals surface area contributed by atoms with E-state index in [1.807, 2.05) is 0 Å². The number of carbonyl (C=O) groups is 1. The number of phenolic OH excluding ortho intramolecular Hbond substituents is 1. The number of nitrogens with zero attached hydrogens (tertiary/aromatic N) is 1. The summed E-state index contributed by atoms with van der Waals surface area (Å²) in [6.07, 6.45) is 0. The number of rotatable bonds is 1. The molecule has 0 bridgehead atoms. The number of fused-ring (bicyclic) bond motifs is 2. The molecule has 5 nitrogen and oxygen atoms in total. The maximum absolute atomic E-state index is 12.9. The van der Waals surface area contributed by atoms with E-state index >= 15 is 0 Å². The lowest BCUT2D eigenvalue weighted by Crippen LogP contribution is -2.25. The number of carbonyl (C=O) groups excluding carboxylic acids is 1. The Labute approximate surface area is 131 Å². The molecule has 0 aliphatic carbocycles. The first kappa shape index (κ1) is 13.6. The van der Waals surface area contributed by atoms with Crippen LogP contribution in [0.2, 0.25) is 0 Å². The van der Waals surface area contributed by atoms with Crippen molar-refractivity contribution in [2.24, 2.45) is 0 Å². The Bertz CT molecular complexity index is 988. The second-order valence-electron chi connectivity index (χ2n) is 5.58. The zero-order chi connectivity index (χ0) is 16.1. The fourth-order valence-corrected chi connectivity index (χ4v) is 3.08. The van der Waals surface area contributed by atoms with Gasteiger partial charge in [-0.3, -0.25) is 9.59 Å². The average molecular weight is 307 g/mol. The van der Waals surface area contributed by atoms with Gasteiger partial charge in [0, 0.05) is 7.05 Å². The van der Waals surface area contributed by atoms with Gasteiger partial charge in [0.1, 0.15) is 11.3 Å². The Hall–Kier alpha value is -3.08. The van der Waals surface area contributed by atoms with Crippen LogP contribution in [-0.4, -0.2) is 23.0 Å². The zero-order valence-electron chi connectivity index (χ0n) is 12.3. The molecule has 1 aliphatic heterocycles. The van der Waals surface area contributed by atoms with Crippen molar-refractivity contribution in [2.45, 2.75) is 6.04 Å². The van der Waals surface area contributed by atoms with Gasteiger partial charge in [0.05, 0.1) is 17.0 Å². The number of amides is 1. The molecule has 23 heavy (non-hydrogen) atoms. The molecule has 0 saturated heterocycles. The van der Waals surface area contributed by atoms with Crippen molar-refractivity contribution in [3.05, 3.63) is 75.6 Å². The third-order valence-corrected chi connectivity index (χ3v) is 4.22. The summed E-state index contributed by atoms with van der Waals surface area (Å²) < 4.78 is 5.70. The Balaban J connectivity index is 2.03. The molecule has 1 amide bonds. The summed E-state index contributed by atoms with van der Waals surface area (Å²) in [5.41, 5.74) is 1.31. The first-order valence-corrected chi connectivity index (χ1v) is 7.20. The highest BCUT2D eigenvalue weighted by molar-refractivity contribution is 5.98. The maximum Gasteiger partial charge on any atom is 0.290 e. The van der Waals surface area contributed by atoms with Gasteiger partial charge in [0.25, 0.3) is 5.91 Å². The van der Waals surface area contributed by atoms with Crippen molar-refractivity contribution >= 4 is 16.9 Å². The summed E-state index contributed by atoms with van der Waals surface area (Å²) in [5, 5.41) is 9.90. The number of phenols is 1. The van der Waals surface area contributed by atoms with Crippen LogP contribution in [-0.2, 0) is 0 Å². The van der Waals surface area contributed by atoms with Crippen LogP contribution in [0.1, 0.15) is 27.7 Å². The highest BCUT2D eigenvalue weighted by Gasteiger charge is 2.40. The lowest BCUT2D eigenvalue weighted by molar-refractivity contribution is 0.0771. The van der Waals surface area contributed by atoms with Gasteiger partial charge in [-0.1, -0.05) is 24.3 Å². The van der Waals surface area contributed by atoms with Crippen LogP contribution in [0.5, 0.6) is 5.75 Å². The minimum Gasteiger partial charge on any atom is -0.508 e. The minimum absolute atomic E-state index is 0.0919. The van der Waals surface area contributed by atoms with E-state index in [2.05, 4.69) is 0 Å². The Morgan fingerprint density at radius 2 is 1.74 bits per heavy atom. The van der Waals surface area contributed by atoms with Crippen LogP contribution in [0.3, 0.4) is 0 Å². The molecule has 1 aromatic heterocycles. The summed E-state index contributed by atoms with van der Waals surface area (Å²) in [6, 6.07) is 12.9. The van der Waals surface area contributed by atoms with Gasteiger partial charge >= 0.3 is 0 Å². The number of benzene rings is 2. The standard InChI is InChI=1S/C18H13NO4/c1-19-15(10-6-8-11(20)9-7-10)14-16(21)12-4-2-3-5-13(12)23-17(14)18(19)22/h2-9,15,20H,1H3/t15-/m0/s1. The molecule has 1 N–H and O–H groups in total. The smallest absolute Gasteiger partial charge is 0.290 e. The van der Waals surface area contributed by atoms with Crippen molar-refractivity contribution in [1.82, 2.24) is 4.90 Å². The number of para-hydroxylation sites is 1. The lowest BCUT2D eigenvalue weighted by Gasteiger charge is -2.20. The summed E-state index contributed by atoms with van der Waals surface area (Å²) in [5.74, 6) is -0.0956. The molecular formula is C18H13NO4. The summed E-state index contributed by atoms with van der Waals surface area (Å²) in [4.78, 5) is 26.8. The van der Waals surface area contributed by atoms with E-state index in [1.165, 1.54) is 17.0 Å². The van der Waals surface area contributed by atoms with Crippen molar-refractivity contribution < 1.29 is 14.3 Å². The predicted octanol–water partition coefficient (Wildman–Crippen LogP) is 2.67. The van der Waals surface area contributed by atoms with E-state index in [9.17, 15) is 14.7 Å². The highest BCUT2D eigenvalue weighted by Crippen LogP contribution is 2.37. The molecular weight excluding hydrogens is 294 g/mol. The number of hydrogen-bond acceptors (Lipinski definition) is 4. The number of aromatic hydroxyl groups is 1. The fraction of sp³-hybridized carbons (Fsp3) is 0.111. The fourth-order valence-electron chi connectivity index (χ4n) is 3.08. The van der Waals surface area contributed by atoms with Crippen LogP contribution in [0, 0.1) is 0 Å². The first-order chi connectivity index (χ1) is 11.1. The molecule has 1 atom stereocenters. The molecule has 2 aromatic carbocycles. The van der Waals surface area contributed by atoms with Gasteiger partial charge in [-0.2, -0.15) is 0 Å². The van der Waals surface area contributed by atoms with Crippen LogP contribution in [0.15, 0.2) is 57.7 Å². The van der Waals surface area contributed by atoms with E-state index in [0.29, 0.717) is 16.5 Å². The monoisotopic (exact) mass is 307 g/mol. The van der Waals surface area contributed by atoms with E-state index < -0.39 is 6.04 Å². The molecule has 0 unspecified atom stereocenters. The molecule has 3 aromatic rings. The van der Waals surface area contributed by atoms with Crippen molar-refractivity contribution in [2.75, 3.05) is 7.05 Å². The summed E-state index contributed by atoms with van der Waals surface area (Å²) >= 11 is 0. The van der Waals surface area contributed by atoms with Gasteiger partial charge in [-0.15, -0.1) is 0 Å². The highest BCUT2D eigenvalue weighted by atomic mass is 16.3. The molecule has 0 fully saturated rings. The summed E-state index contributed by atoms with van der Waals surface area (Å²) in [6.45, 7) is 0. The van der Waals surface area contributed by atoms with Gasteiger partial charge in [0.2, 0.25) is 5.76 Å². The molecule has 5 heteroatoms. The quantitative estimate of drug-likeness (QED) is 0.750. The largest absolute Gasteiger partial charge is 0.508 e. The number of hydrogen-bond donors (Lipinski definition) is 1. The molecule has 0 saturated carbocycles. The third-order valence-electron chi connectivity index (χ3n) is 4.22. The minimum atomic E-state index is -0.515. The topological polar surface area (TPSA) is 70.8 Å². The van der Waals surface area contributed by atoms with Crippen LogP contribution >= 0.6 is 0 Å². The van der Waals surface area contributed by atoms with E-state index in [4.69, 9.17) is 4.42 Å². The predicted molar refractivity (Wildman–Crippen MR) is 84.5 cm³/mol. The summed E-state index contributed by atoms with van der Waals surface area (Å²) in [7, 11) is 1.64. The molecule has 114 valence electrons. The molecule has 2 heterocycles. The van der Waals surface area contributed by atoms with E-state index in [1.54, 1.807) is 43.4 Å². The van der Waals surface area contributed by atoms with Crippen molar-refractivity contribution in [1.29, 1.82) is 0 Å². The second-order valence-corrected chi connectivity index (χ2v) is 5.58. The Morgan fingerprint density at radius 1 is 1.04 bits per heavy atom. The van der Waals surface area contributed by atoms with Gasteiger partial charge in [0.15, 0.2) is 5.43 Å². The van der Waals surface area contributed by atoms with Crippen molar-refractivity contribution in [3.8, 4) is 5.75 Å². The molecule has 1 aliphatic rings. The molecule has 4 rings (SSSR count). The molecule has 0 radical (unpaired) electrons.